The Morgan fingerprint density at radius 1 is 0.921 bits per heavy atom. The molecule has 0 aliphatic rings. The summed E-state index contributed by atoms with van der Waals surface area (Å²) >= 11 is 0. The van der Waals surface area contributed by atoms with E-state index in [-0.39, 0.29) is 5.75 Å². The van der Waals surface area contributed by atoms with Gasteiger partial charge in [-0.3, -0.25) is 4.72 Å². The maximum absolute atomic E-state index is 13.0. The summed E-state index contributed by atoms with van der Waals surface area (Å²) in [6, 6.07) is 26.7. The van der Waals surface area contributed by atoms with Gasteiger partial charge in [0, 0.05) is 17.6 Å². The van der Waals surface area contributed by atoms with E-state index >= 15 is 0 Å². The Balaban J connectivity index is 1.45. The Bertz CT molecular complexity index is 1850. The number of nitrogens with zero attached hydrogens (tertiary/aromatic N) is 4. The number of hydrogen-bond donors (Lipinski definition) is 3. The molecule has 0 unspecified atom stereocenters. The Labute approximate surface area is 219 Å². The van der Waals surface area contributed by atoms with Crippen molar-refractivity contribution in [1.82, 2.24) is 25.0 Å². The third kappa shape index (κ3) is 4.74. The molecule has 0 aliphatic heterocycles. The van der Waals surface area contributed by atoms with E-state index in [1.807, 2.05) is 72.8 Å². The minimum absolute atomic E-state index is 0.111. The molecule has 3 aromatic carbocycles. The number of fused-ring (bicyclic) bond motifs is 2. The van der Waals surface area contributed by atoms with Gasteiger partial charge < -0.3 is 10.3 Å². The van der Waals surface area contributed by atoms with Gasteiger partial charge in [-0.2, -0.15) is 15.4 Å². The zero-order valence-corrected chi connectivity index (χ0v) is 21.2. The van der Waals surface area contributed by atoms with Crippen LogP contribution in [0.1, 0.15) is 16.8 Å². The van der Waals surface area contributed by atoms with Gasteiger partial charge in [-0.05, 0) is 52.2 Å². The minimum atomic E-state index is -3.63. The van der Waals surface area contributed by atoms with E-state index in [0.29, 0.717) is 24.5 Å². The Morgan fingerprint density at radius 2 is 1.74 bits per heavy atom. The van der Waals surface area contributed by atoms with E-state index in [9.17, 15) is 8.42 Å². The first-order chi connectivity index (χ1) is 18.5. The highest BCUT2D eigenvalue weighted by molar-refractivity contribution is 7.91. The summed E-state index contributed by atoms with van der Waals surface area (Å²) in [5.41, 5.74) is 11.1. The Kier molecular flexibility index (Phi) is 6.10. The number of nitrogens with two attached hydrogens (primary N) is 1. The lowest BCUT2D eigenvalue weighted by molar-refractivity contribution is 0.600. The highest BCUT2D eigenvalue weighted by Crippen LogP contribution is 2.31. The standard InChI is InChI=1S/C28H25N7O2S/c29-15-23-11-10-21-14-27(26-16-30-34-32-26)35(28(21)31-23)17-22-13-24(12-20-8-4-5-9-25(20)22)33-38(36,37)18-19-6-2-1-3-7-19/h1-14,16,33H,15,17-18,29H2,(H,30,32,34). The molecule has 0 spiro atoms. The van der Waals surface area contributed by atoms with Crippen molar-refractivity contribution in [2.45, 2.75) is 18.8 Å². The van der Waals surface area contributed by atoms with Gasteiger partial charge in [0.25, 0.3) is 0 Å². The number of anilines is 1. The summed E-state index contributed by atoms with van der Waals surface area (Å²) in [5, 5.41) is 13.8. The van der Waals surface area contributed by atoms with Gasteiger partial charge in [0.1, 0.15) is 11.3 Å². The number of benzene rings is 3. The van der Waals surface area contributed by atoms with Crippen LogP contribution >= 0.6 is 0 Å². The molecule has 9 nitrogen and oxygen atoms in total. The number of pyridine rings is 1. The lowest BCUT2D eigenvalue weighted by atomic mass is 10.0. The topological polar surface area (TPSA) is 132 Å². The van der Waals surface area contributed by atoms with E-state index in [0.717, 1.165) is 44.3 Å². The molecular formula is C28H25N7O2S. The normalized spacial score (nSPS) is 11.8. The van der Waals surface area contributed by atoms with E-state index in [4.69, 9.17) is 10.7 Å². The third-order valence-electron chi connectivity index (χ3n) is 6.44. The molecule has 0 bridgehead atoms. The second-order valence-electron chi connectivity index (χ2n) is 9.09. The monoisotopic (exact) mass is 523 g/mol. The number of hydrogen-bond acceptors (Lipinski definition) is 6. The maximum atomic E-state index is 13.0. The fourth-order valence-corrected chi connectivity index (χ4v) is 5.92. The molecule has 4 N–H and O–H groups in total. The van der Waals surface area contributed by atoms with Crippen molar-refractivity contribution in [3.05, 3.63) is 108 Å². The average Bonchev–Trinajstić information content (AvgIpc) is 3.57. The van der Waals surface area contributed by atoms with Crippen LogP contribution in [0.2, 0.25) is 0 Å². The van der Waals surface area contributed by atoms with Crippen LogP contribution in [0, 0.1) is 0 Å². The zero-order chi connectivity index (χ0) is 26.1. The quantitative estimate of drug-likeness (QED) is 0.271. The number of nitrogens with one attached hydrogen (secondary N) is 2. The van der Waals surface area contributed by atoms with Crippen LogP contribution in [0.15, 0.2) is 91.1 Å². The average molecular weight is 524 g/mol. The van der Waals surface area contributed by atoms with Crippen LogP contribution < -0.4 is 10.5 Å². The van der Waals surface area contributed by atoms with Gasteiger partial charge in [0.15, 0.2) is 0 Å². The molecule has 0 aliphatic carbocycles. The van der Waals surface area contributed by atoms with Crippen molar-refractivity contribution in [3.63, 3.8) is 0 Å². The van der Waals surface area contributed by atoms with Crippen LogP contribution in [0.25, 0.3) is 33.2 Å². The Hall–Kier alpha value is -4.54. The third-order valence-corrected chi connectivity index (χ3v) is 7.70. The van der Waals surface area contributed by atoms with Crippen LogP contribution in [-0.2, 0) is 28.9 Å². The van der Waals surface area contributed by atoms with Gasteiger partial charge in [-0.25, -0.2) is 13.4 Å². The number of sulfonamides is 1. The molecule has 3 heterocycles. The summed E-state index contributed by atoms with van der Waals surface area (Å²) in [4.78, 5) is 4.80. The van der Waals surface area contributed by atoms with Crippen molar-refractivity contribution in [3.8, 4) is 11.4 Å². The molecule has 0 saturated carbocycles. The summed E-state index contributed by atoms with van der Waals surface area (Å²) in [6.45, 7) is 0.753. The van der Waals surface area contributed by atoms with Gasteiger partial charge in [0.2, 0.25) is 10.0 Å². The number of rotatable bonds is 8. The Morgan fingerprint density at radius 3 is 2.53 bits per heavy atom. The van der Waals surface area contributed by atoms with E-state index < -0.39 is 10.0 Å². The summed E-state index contributed by atoms with van der Waals surface area (Å²) < 4.78 is 30.9. The maximum Gasteiger partial charge on any atom is 0.236 e. The number of aromatic nitrogens is 5. The number of aromatic amines is 1. The number of H-pyrrole nitrogens is 1. The molecule has 3 aromatic heterocycles. The smallest absolute Gasteiger partial charge is 0.236 e. The molecule has 0 atom stereocenters. The molecule has 190 valence electrons. The first-order valence-electron chi connectivity index (χ1n) is 12.1. The first kappa shape index (κ1) is 23.8. The zero-order valence-electron chi connectivity index (χ0n) is 20.4. The van der Waals surface area contributed by atoms with Crippen molar-refractivity contribution in [1.29, 1.82) is 0 Å². The fourth-order valence-electron chi connectivity index (χ4n) is 4.74. The van der Waals surface area contributed by atoms with E-state index in [1.165, 1.54) is 0 Å². The van der Waals surface area contributed by atoms with Crippen molar-refractivity contribution in [2.75, 3.05) is 4.72 Å². The van der Waals surface area contributed by atoms with Crippen LogP contribution in [0.4, 0.5) is 5.69 Å². The molecule has 0 radical (unpaired) electrons. The molecule has 6 rings (SSSR count). The van der Waals surface area contributed by atoms with Gasteiger partial charge in [-0.15, -0.1) is 0 Å². The SMILES string of the molecule is NCc1ccc2cc(-c3cn[nH]n3)n(Cc3cc(NS(=O)(=O)Cc4ccccc4)cc4ccccc34)c2n1. The summed E-state index contributed by atoms with van der Waals surface area (Å²) in [6.07, 6.45) is 1.67. The molecule has 38 heavy (non-hydrogen) atoms. The van der Waals surface area contributed by atoms with Crippen LogP contribution in [-0.4, -0.2) is 33.4 Å². The van der Waals surface area contributed by atoms with Gasteiger partial charge in [-0.1, -0.05) is 54.6 Å². The van der Waals surface area contributed by atoms with E-state index in [1.54, 1.807) is 18.3 Å². The second-order valence-corrected chi connectivity index (χ2v) is 10.8. The van der Waals surface area contributed by atoms with Crippen molar-refractivity contribution < 1.29 is 8.42 Å². The van der Waals surface area contributed by atoms with Crippen molar-refractivity contribution in [2.24, 2.45) is 5.73 Å². The van der Waals surface area contributed by atoms with Crippen LogP contribution in [0.5, 0.6) is 0 Å². The van der Waals surface area contributed by atoms with Gasteiger partial charge in [0.05, 0.1) is 29.9 Å². The molecule has 0 saturated heterocycles. The molecular weight excluding hydrogens is 498 g/mol. The highest BCUT2D eigenvalue weighted by Gasteiger charge is 2.18. The fraction of sp³-hybridized carbons (Fsp3) is 0.107. The summed E-state index contributed by atoms with van der Waals surface area (Å²) in [5.74, 6) is -0.111. The first-order valence-corrected chi connectivity index (χ1v) is 13.8. The largest absolute Gasteiger partial charge is 0.325 e. The molecule has 0 fully saturated rings. The lowest BCUT2D eigenvalue weighted by Gasteiger charge is -2.15. The molecule has 10 heteroatoms. The van der Waals surface area contributed by atoms with Crippen LogP contribution in [0.3, 0.4) is 0 Å². The minimum Gasteiger partial charge on any atom is -0.325 e. The van der Waals surface area contributed by atoms with Gasteiger partial charge >= 0.3 is 0 Å². The molecule has 0 amide bonds. The summed E-state index contributed by atoms with van der Waals surface area (Å²) in [7, 11) is -3.63. The highest BCUT2D eigenvalue weighted by atomic mass is 32.2. The predicted molar refractivity (Wildman–Crippen MR) is 149 cm³/mol. The second kappa shape index (κ2) is 9.73. The predicted octanol–water partition coefficient (Wildman–Crippen LogP) is 4.42. The van der Waals surface area contributed by atoms with E-state index in [2.05, 4.69) is 24.7 Å². The van der Waals surface area contributed by atoms with Crippen molar-refractivity contribution >= 4 is 37.5 Å². The molecule has 6 aromatic rings. The lowest BCUT2D eigenvalue weighted by Crippen LogP contribution is -2.15.